The first kappa shape index (κ1) is 11.0. The molecule has 0 aliphatic carbocycles. The fourth-order valence-corrected chi connectivity index (χ4v) is 1.73. The van der Waals surface area contributed by atoms with E-state index in [0.29, 0.717) is 0 Å². The van der Waals surface area contributed by atoms with Crippen LogP contribution in [-0.2, 0) is 0 Å². The van der Waals surface area contributed by atoms with Crippen LogP contribution in [0.1, 0.15) is 32.4 Å². The molecule has 0 saturated carbocycles. The van der Waals surface area contributed by atoms with E-state index in [1.165, 1.54) is 0 Å². The topological polar surface area (TPSA) is 51.8 Å². The van der Waals surface area contributed by atoms with Crippen LogP contribution < -0.4 is 5.73 Å². The van der Waals surface area contributed by atoms with E-state index in [0.717, 1.165) is 16.6 Å². The van der Waals surface area contributed by atoms with Gasteiger partial charge in [0.25, 0.3) is 0 Å². The average Bonchev–Trinajstić information content (AvgIpc) is 2.26. The highest BCUT2D eigenvalue weighted by Crippen LogP contribution is 2.32. The van der Waals surface area contributed by atoms with E-state index >= 15 is 0 Å². The molecule has 1 atom stereocenters. The first-order valence-electron chi connectivity index (χ1n) is 5.45. The van der Waals surface area contributed by atoms with E-state index in [4.69, 9.17) is 5.73 Å². The van der Waals surface area contributed by atoms with Crippen LogP contribution in [0.25, 0.3) is 11.0 Å². The molecule has 0 aliphatic rings. The Morgan fingerprint density at radius 1 is 1.12 bits per heavy atom. The lowest BCUT2D eigenvalue weighted by atomic mass is 9.82. The van der Waals surface area contributed by atoms with Crippen molar-refractivity contribution in [2.75, 3.05) is 0 Å². The van der Waals surface area contributed by atoms with Crippen LogP contribution in [0.15, 0.2) is 30.6 Å². The van der Waals surface area contributed by atoms with Crippen LogP contribution in [0, 0.1) is 5.41 Å². The monoisotopic (exact) mass is 215 g/mol. The number of rotatable bonds is 1. The van der Waals surface area contributed by atoms with Crippen LogP contribution in [0.2, 0.25) is 0 Å². The molecule has 0 radical (unpaired) electrons. The summed E-state index contributed by atoms with van der Waals surface area (Å²) in [5, 5.41) is 0. The normalized spacial score (nSPS) is 14.0. The fraction of sp³-hybridized carbons (Fsp3) is 0.385. The maximum absolute atomic E-state index is 6.27. The number of para-hydroxylation sites is 1. The summed E-state index contributed by atoms with van der Waals surface area (Å²) in [6, 6.07) is 5.94. The highest BCUT2D eigenvalue weighted by Gasteiger charge is 2.24. The molecule has 0 saturated heterocycles. The van der Waals surface area contributed by atoms with E-state index in [1.807, 2.05) is 18.2 Å². The molecule has 2 rings (SSSR count). The number of aromatic nitrogens is 2. The van der Waals surface area contributed by atoms with Crippen molar-refractivity contribution < 1.29 is 0 Å². The summed E-state index contributed by atoms with van der Waals surface area (Å²) < 4.78 is 0. The summed E-state index contributed by atoms with van der Waals surface area (Å²) in [6.45, 7) is 6.40. The highest BCUT2D eigenvalue weighted by atomic mass is 14.8. The van der Waals surface area contributed by atoms with Gasteiger partial charge in [-0.2, -0.15) is 0 Å². The maximum atomic E-state index is 6.27. The third-order valence-corrected chi connectivity index (χ3v) is 2.80. The molecule has 3 nitrogen and oxygen atoms in total. The summed E-state index contributed by atoms with van der Waals surface area (Å²) in [4.78, 5) is 8.66. The van der Waals surface area contributed by atoms with Crippen molar-refractivity contribution in [3.8, 4) is 0 Å². The third-order valence-electron chi connectivity index (χ3n) is 2.80. The predicted octanol–water partition coefficient (Wildman–Crippen LogP) is 2.68. The van der Waals surface area contributed by atoms with Gasteiger partial charge in [-0.3, -0.25) is 9.97 Å². The molecule has 0 amide bonds. The van der Waals surface area contributed by atoms with Gasteiger partial charge in [0.05, 0.1) is 11.0 Å². The first-order chi connectivity index (χ1) is 7.50. The first-order valence-corrected chi connectivity index (χ1v) is 5.45. The van der Waals surface area contributed by atoms with Crippen molar-refractivity contribution in [2.24, 2.45) is 11.1 Å². The Morgan fingerprint density at radius 2 is 1.81 bits per heavy atom. The quantitative estimate of drug-likeness (QED) is 0.795. The Balaban J connectivity index is 2.61. The van der Waals surface area contributed by atoms with Gasteiger partial charge in [-0.1, -0.05) is 32.9 Å². The SMILES string of the molecule is CC(C)(C)C(N)c1cccc2nccnc12. The van der Waals surface area contributed by atoms with Gasteiger partial charge in [0.2, 0.25) is 0 Å². The average molecular weight is 215 g/mol. The molecule has 3 heteroatoms. The van der Waals surface area contributed by atoms with Gasteiger partial charge in [-0.05, 0) is 17.0 Å². The summed E-state index contributed by atoms with van der Waals surface area (Å²) in [6.07, 6.45) is 3.41. The molecule has 1 aromatic heterocycles. The van der Waals surface area contributed by atoms with Crippen LogP contribution >= 0.6 is 0 Å². The number of hydrogen-bond acceptors (Lipinski definition) is 3. The minimum Gasteiger partial charge on any atom is -0.323 e. The van der Waals surface area contributed by atoms with Gasteiger partial charge in [0.1, 0.15) is 0 Å². The Morgan fingerprint density at radius 3 is 2.50 bits per heavy atom. The standard InChI is InChI=1S/C13H17N3/c1-13(2,3)12(14)9-5-4-6-10-11(9)16-8-7-15-10/h4-8,12H,14H2,1-3H3. The number of benzene rings is 1. The largest absolute Gasteiger partial charge is 0.323 e. The summed E-state index contributed by atoms with van der Waals surface area (Å²) in [7, 11) is 0. The van der Waals surface area contributed by atoms with E-state index in [1.54, 1.807) is 12.4 Å². The van der Waals surface area contributed by atoms with Crippen LogP contribution in [0.3, 0.4) is 0 Å². The molecule has 1 unspecified atom stereocenters. The molecule has 0 aliphatic heterocycles. The third kappa shape index (κ3) is 1.91. The highest BCUT2D eigenvalue weighted by molar-refractivity contribution is 5.78. The number of nitrogens with zero attached hydrogens (tertiary/aromatic N) is 2. The minimum absolute atomic E-state index is 0.0196. The molecular weight excluding hydrogens is 198 g/mol. The van der Waals surface area contributed by atoms with Crippen molar-refractivity contribution in [2.45, 2.75) is 26.8 Å². The van der Waals surface area contributed by atoms with Gasteiger partial charge in [-0.25, -0.2) is 0 Å². The second kappa shape index (κ2) is 3.83. The van der Waals surface area contributed by atoms with E-state index in [2.05, 4.69) is 30.7 Å². The second-order valence-electron chi connectivity index (χ2n) is 5.12. The maximum Gasteiger partial charge on any atom is 0.0934 e. The molecule has 2 aromatic rings. The van der Waals surface area contributed by atoms with E-state index in [9.17, 15) is 0 Å². The predicted molar refractivity (Wildman–Crippen MR) is 65.9 cm³/mol. The lowest BCUT2D eigenvalue weighted by molar-refractivity contribution is 0.328. The molecule has 16 heavy (non-hydrogen) atoms. The Hall–Kier alpha value is -1.48. The van der Waals surface area contributed by atoms with Gasteiger partial charge in [0.15, 0.2) is 0 Å². The Labute approximate surface area is 95.7 Å². The number of fused-ring (bicyclic) bond motifs is 1. The fourth-order valence-electron chi connectivity index (χ4n) is 1.73. The zero-order valence-electron chi connectivity index (χ0n) is 9.94. The molecule has 2 N–H and O–H groups in total. The number of nitrogens with two attached hydrogens (primary N) is 1. The van der Waals surface area contributed by atoms with Crippen LogP contribution in [0.5, 0.6) is 0 Å². The van der Waals surface area contributed by atoms with Crippen LogP contribution in [-0.4, -0.2) is 9.97 Å². The molecule has 0 fully saturated rings. The Kier molecular flexibility index (Phi) is 2.64. The summed E-state index contributed by atoms with van der Waals surface area (Å²) in [5.41, 5.74) is 9.17. The molecule has 1 heterocycles. The van der Waals surface area contributed by atoms with E-state index < -0.39 is 0 Å². The zero-order valence-corrected chi connectivity index (χ0v) is 9.94. The molecule has 0 spiro atoms. The molecule has 84 valence electrons. The summed E-state index contributed by atoms with van der Waals surface area (Å²) in [5.74, 6) is 0. The van der Waals surface area contributed by atoms with Crippen molar-refractivity contribution in [1.82, 2.24) is 9.97 Å². The van der Waals surface area contributed by atoms with Crippen molar-refractivity contribution in [1.29, 1.82) is 0 Å². The van der Waals surface area contributed by atoms with Gasteiger partial charge in [0, 0.05) is 18.4 Å². The zero-order chi connectivity index (χ0) is 11.8. The lowest BCUT2D eigenvalue weighted by Gasteiger charge is -2.27. The smallest absolute Gasteiger partial charge is 0.0934 e. The van der Waals surface area contributed by atoms with Crippen LogP contribution in [0.4, 0.5) is 0 Å². The minimum atomic E-state index is -0.0344. The van der Waals surface area contributed by atoms with Crippen molar-refractivity contribution in [3.05, 3.63) is 36.2 Å². The van der Waals surface area contributed by atoms with Gasteiger partial charge < -0.3 is 5.73 Å². The van der Waals surface area contributed by atoms with Gasteiger partial charge >= 0.3 is 0 Å². The van der Waals surface area contributed by atoms with Gasteiger partial charge in [-0.15, -0.1) is 0 Å². The van der Waals surface area contributed by atoms with Crippen molar-refractivity contribution >= 4 is 11.0 Å². The summed E-state index contributed by atoms with van der Waals surface area (Å²) >= 11 is 0. The molecule has 1 aromatic carbocycles. The Bertz CT molecular complexity index is 494. The molecular formula is C13H17N3. The van der Waals surface area contributed by atoms with E-state index in [-0.39, 0.29) is 11.5 Å². The second-order valence-corrected chi connectivity index (χ2v) is 5.12. The lowest BCUT2D eigenvalue weighted by Crippen LogP contribution is -2.26. The molecule has 0 bridgehead atoms. The number of hydrogen-bond donors (Lipinski definition) is 1. The van der Waals surface area contributed by atoms with Crippen molar-refractivity contribution in [3.63, 3.8) is 0 Å².